The molecule has 0 aromatic heterocycles. The Kier molecular flexibility index (Phi) is 9.81. The molecule has 2 aliphatic rings. The first-order valence-electron chi connectivity index (χ1n) is 12.5. The van der Waals surface area contributed by atoms with Crippen LogP contribution < -0.4 is 21.3 Å². The molecule has 8 nitrogen and oxygen atoms in total. The summed E-state index contributed by atoms with van der Waals surface area (Å²) >= 11 is 0. The number of piperidine rings is 2. The molecule has 33 heavy (non-hydrogen) atoms. The van der Waals surface area contributed by atoms with Crippen LogP contribution in [0, 0.1) is 18.8 Å². The number of carbonyl (C=O) groups is 2. The van der Waals surface area contributed by atoms with E-state index < -0.39 is 0 Å². The van der Waals surface area contributed by atoms with Crippen LogP contribution in [0.5, 0.6) is 0 Å². The van der Waals surface area contributed by atoms with Gasteiger partial charge in [-0.25, -0.2) is 9.59 Å². The molecular weight excluding hydrogens is 416 g/mol. The molecule has 1 aromatic rings. The second-order valence-electron chi connectivity index (χ2n) is 9.89. The fourth-order valence-electron chi connectivity index (χ4n) is 4.81. The third-order valence-electron chi connectivity index (χ3n) is 6.65. The Balaban J connectivity index is 1.38. The van der Waals surface area contributed by atoms with Crippen LogP contribution in [0.25, 0.3) is 0 Å². The van der Waals surface area contributed by atoms with Crippen molar-refractivity contribution < 1.29 is 9.59 Å². The van der Waals surface area contributed by atoms with Gasteiger partial charge in [-0.2, -0.15) is 0 Å². The third-order valence-corrected chi connectivity index (χ3v) is 6.65. The lowest BCUT2D eigenvalue weighted by Crippen LogP contribution is -2.41. The van der Waals surface area contributed by atoms with Gasteiger partial charge in [0.25, 0.3) is 0 Å². The summed E-state index contributed by atoms with van der Waals surface area (Å²) in [6.07, 6.45) is 5.06. The van der Waals surface area contributed by atoms with Gasteiger partial charge >= 0.3 is 12.1 Å². The highest BCUT2D eigenvalue weighted by Gasteiger charge is 2.17. The first kappa shape index (κ1) is 25.3. The summed E-state index contributed by atoms with van der Waals surface area (Å²) in [7, 11) is 0. The van der Waals surface area contributed by atoms with Crippen LogP contribution in [-0.2, 0) is 0 Å². The second kappa shape index (κ2) is 12.8. The molecule has 2 heterocycles. The highest BCUT2D eigenvalue weighted by Crippen LogP contribution is 2.20. The van der Waals surface area contributed by atoms with E-state index in [2.05, 4.69) is 44.9 Å². The van der Waals surface area contributed by atoms with Crippen molar-refractivity contribution in [3.05, 3.63) is 23.8 Å². The number of anilines is 2. The van der Waals surface area contributed by atoms with E-state index in [0.717, 1.165) is 56.7 Å². The number of likely N-dealkylation sites (tertiary alicyclic amines) is 2. The Morgan fingerprint density at radius 2 is 1.42 bits per heavy atom. The topological polar surface area (TPSA) is 88.7 Å². The normalized spacial score (nSPS) is 21.9. The average molecular weight is 459 g/mol. The molecule has 3 rings (SSSR count). The molecule has 4 N–H and O–H groups in total. The lowest BCUT2D eigenvalue weighted by Gasteiger charge is -2.30. The minimum absolute atomic E-state index is 0.222. The van der Waals surface area contributed by atoms with Crippen molar-refractivity contribution >= 4 is 23.4 Å². The number of carbonyl (C=O) groups excluding carboxylic acids is 2. The van der Waals surface area contributed by atoms with Crippen LogP contribution >= 0.6 is 0 Å². The van der Waals surface area contributed by atoms with Gasteiger partial charge in [0, 0.05) is 50.6 Å². The smallest absolute Gasteiger partial charge is 0.319 e. The summed E-state index contributed by atoms with van der Waals surface area (Å²) in [5.74, 6) is 1.47. The van der Waals surface area contributed by atoms with Crippen molar-refractivity contribution in [1.82, 2.24) is 20.4 Å². The summed E-state index contributed by atoms with van der Waals surface area (Å²) < 4.78 is 0. The molecular formula is C25H42N6O2. The standard InChI is InChI=1S/C25H42N6O2/c1-19-6-4-12-30(17-19)14-10-26-24(32)28-22-9-8-21(3)23(16-22)29-25(33)27-11-15-31-13-5-7-20(2)18-31/h8-9,16,19-20H,4-7,10-15,17-18H2,1-3H3,(H2,26,28,32)(H2,27,29,33)/t19-,20-/m1/s1. The lowest BCUT2D eigenvalue weighted by molar-refractivity contribution is 0.184. The lowest BCUT2D eigenvalue weighted by atomic mass is 10.0. The zero-order valence-corrected chi connectivity index (χ0v) is 20.6. The highest BCUT2D eigenvalue weighted by molar-refractivity contribution is 5.93. The maximum Gasteiger partial charge on any atom is 0.319 e. The van der Waals surface area contributed by atoms with E-state index in [1.54, 1.807) is 6.07 Å². The van der Waals surface area contributed by atoms with E-state index in [9.17, 15) is 9.59 Å². The third kappa shape index (κ3) is 8.85. The van der Waals surface area contributed by atoms with Crippen molar-refractivity contribution in [2.75, 3.05) is 63.0 Å². The molecule has 0 radical (unpaired) electrons. The molecule has 2 atom stereocenters. The molecule has 2 fully saturated rings. The Hall–Kier alpha value is -2.32. The molecule has 0 unspecified atom stereocenters. The number of hydrogen-bond donors (Lipinski definition) is 4. The quantitative estimate of drug-likeness (QED) is 0.478. The number of hydrogen-bond acceptors (Lipinski definition) is 4. The van der Waals surface area contributed by atoms with Gasteiger partial charge in [-0.3, -0.25) is 0 Å². The van der Waals surface area contributed by atoms with Crippen molar-refractivity contribution in [2.45, 2.75) is 46.5 Å². The summed E-state index contributed by atoms with van der Waals surface area (Å²) in [4.78, 5) is 29.5. The summed E-state index contributed by atoms with van der Waals surface area (Å²) in [5.41, 5.74) is 2.29. The van der Waals surface area contributed by atoms with Crippen LogP contribution in [0.1, 0.15) is 45.1 Å². The van der Waals surface area contributed by atoms with Gasteiger partial charge in [0.2, 0.25) is 0 Å². The van der Waals surface area contributed by atoms with E-state index in [1.807, 2.05) is 19.1 Å². The van der Waals surface area contributed by atoms with Crippen molar-refractivity contribution in [1.29, 1.82) is 0 Å². The molecule has 2 saturated heterocycles. The Labute approximate surface area is 198 Å². The average Bonchev–Trinajstić information content (AvgIpc) is 2.76. The maximum absolute atomic E-state index is 12.4. The molecule has 0 saturated carbocycles. The minimum atomic E-state index is -0.227. The van der Waals surface area contributed by atoms with Gasteiger partial charge < -0.3 is 31.1 Å². The van der Waals surface area contributed by atoms with Gasteiger partial charge in [0.05, 0.1) is 0 Å². The van der Waals surface area contributed by atoms with Gasteiger partial charge in [-0.15, -0.1) is 0 Å². The first-order chi connectivity index (χ1) is 15.9. The molecule has 2 aliphatic heterocycles. The van der Waals surface area contributed by atoms with E-state index in [-0.39, 0.29) is 12.1 Å². The molecule has 1 aromatic carbocycles. The summed E-state index contributed by atoms with van der Waals surface area (Å²) in [6, 6.07) is 5.10. The zero-order chi connectivity index (χ0) is 23.6. The predicted octanol–water partition coefficient (Wildman–Crippen LogP) is 3.70. The van der Waals surface area contributed by atoms with Crippen molar-refractivity contribution in [2.24, 2.45) is 11.8 Å². The van der Waals surface area contributed by atoms with Crippen LogP contribution in [0.15, 0.2) is 18.2 Å². The number of aryl methyl sites for hydroxylation is 1. The zero-order valence-electron chi connectivity index (χ0n) is 20.6. The first-order valence-corrected chi connectivity index (χ1v) is 12.5. The molecule has 184 valence electrons. The minimum Gasteiger partial charge on any atom is -0.337 e. The Morgan fingerprint density at radius 3 is 1.97 bits per heavy atom. The van der Waals surface area contributed by atoms with Crippen LogP contribution in [0.2, 0.25) is 0 Å². The largest absolute Gasteiger partial charge is 0.337 e. The van der Waals surface area contributed by atoms with E-state index in [0.29, 0.717) is 24.5 Å². The van der Waals surface area contributed by atoms with Crippen LogP contribution in [0.3, 0.4) is 0 Å². The molecule has 0 spiro atoms. The summed E-state index contributed by atoms with van der Waals surface area (Å²) in [5, 5.41) is 11.7. The van der Waals surface area contributed by atoms with E-state index in [1.165, 1.54) is 25.7 Å². The van der Waals surface area contributed by atoms with Crippen LogP contribution in [0.4, 0.5) is 21.0 Å². The number of rotatable bonds is 8. The molecule has 8 heteroatoms. The van der Waals surface area contributed by atoms with Gasteiger partial charge in [-0.1, -0.05) is 19.9 Å². The second-order valence-corrected chi connectivity index (χ2v) is 9.89. The van der Waals surface area contributed by atoms with E-state index >= 15 is 0 Å². The van der Waals surface area contributed by atoms with E-state index in [4.69, 9.17) is 0 Å². The fraction of sp³-hybridized carbons (Fsp3) is 0.680. The number of amides is 4. The molecule has 0 aliphatic carbocycles. The van der Waals surface area contributed by atoms with Gasteiger partial charge in [0.1, 0.15) is 0 Å². The number of nitrogens with zero attached hydrogens (tertiary/aromatic N) is 2. The highest BCUT2D eigenvalue weighted by atomic mass is 16.2. The van der Waals surface area contributed by atoms with Crippen molar-refractivity contribution in [3.8, 4) is 0 Å². The number of urea groups is 2. The van der Waals surface area contributed by atoms with Crippen molar-refractivity contribution in [3.63, 3.8) is 0 Å². The number of nitrogens with one attached hydrogen (secondary N) is 4. The van der Waals surface area contributed by atoms with Crippen LogP contribution in [-0.4, -0.2) is 74.2 Å². The molecule has 0 bridgehead atoms. The number of benzene rings is 1. The SMILES string of the molecule is Cc1ccc(NC(=O)NCCN2CCC[C@@H](C)C2)cc1NC(=O)NCCN1CCC[C@@H](C)C1. The predicted molar refractivity (Wildman–Crippen MR) is 135 cm³/mol. The Morgan fingerprint density at radius 1 is 0.879 bits per heavy atom. The molecule has 4 amide bonds. The fourth-order valence-corrected chi connectivity index (χ4v) is 4.81. The summed E-state index contributed by atoms with van der Waals surface area (Å²) in [6.45, 7) is 13.9. The van der Waals surface area contributed by atoms with Gasteiger partial charge in [0.15, 0.2) is 0 Å². The Bertz CT molecular complexity index is 786. The maximum atomic E-state index is 12.4. The monoisotopic (exact) mass is 458 g/mol. The van der Waals surface area contributed by atoms with Gasteiger partial charge in [-0.05, 0) is 75.2 Å².